The van der Waals surface area contributed by atoms with Gasteiger partial charge < -0.3 is 11.1 Å². The lowest BCUT2D eigenvalue weighted by atomic mass is 10.2. The summed E-state index contributed by atoms with van der Waals surface area (Å²) in [6.45, 7) is 3.58. The SMILES string of the molecule is CC(CN)CNc1ncccn1. The molecule has 0 fully saturated rings. The molecule has 1 rings (SSSR count). The molecule has 0 amide bonds. The summed E-state index contributed by atoms with van der Waals surface area (Å²) in [5, 5.41) is 3.09. The van der Waals surface area contributed by atoms with Gasteiger partial charge in [0.15, 0.2) is 0 Å². The van der Waals surface area contributed by atoms with Crippen molar-refractivity contribution >= 4 is 5.95 Å². The zero-order valence-electron chi connectivity index (χ0n) is 7.20. The van der Waals surface area contributed by atoms with E-state index in [2.05, 4.69) is 22.2 Å². The highest BCUT2D eigenvalue weighted by atomic mass is 15.1. The molecule has 1 heterocycles. The molecule has 4 nitrogen and oxygen atoms in total. The van der Waals surface area contributed by atoms with E-state index in [-0.39, 0.29) is 0 Å². The highest BCUT2D eigenvalue weighted by Crippen LogP contribution is 1.96. The van der Waals surface area contributed by atoms with Crippen LogP contribution in [0.1, 0.15) is 6.92 Å². The molecule has 0 radical (unpaired) electrons. The Hall–Kier alpha value is -1.16. The Balaban J connectivity index is 2.33. The normalized spacial score (nSPS) is 12.5. The maximum atomic E-state index is 5.46. The first-order valence-corrected chi connectivity index (χ1v) is 4.04. The van der Waals surface area contributed by atoms with Crippen LogP contribution in [-0.4, -0.2) is 23.1 Å². The van der Waals surface area contributed by atoms with Crippen LogP contribution in [0.25, 0.3) is 0 Å². The Morgan fingerprint density at radius 3 is 2.75 bits per heavy atom. The van der Waals surface area contributed by atoms with Gasteiger partial charge in [0.2, 0.25) is 5.95 Å². The molecule has 66 valence electrons. The first-order valence-electron chi connectivity index (χ1n) is 4.04. The van der Waals surface area contributed by atoms with Crippen LogP contribution in [-0.2, 0) is 0 Å². The van der Waals surface area contributed by atoms with Gasteiger partial charge in [-0.3, -0.25) is 0 Å². The lowest BCUT2D eigenvalue weighted by molar-refractivity contribution is 0.625. The van der Waals surface area contributed by atoms with E-state index in [9.17, 15) is 0 Å². The number of aromatic nitrogens is 2. The van der Waals surface area contributed by atoms with E-state index in [1.807, 2.05) is 0 Å². The van der Waals surface area contributed by atoms with Crippen molar-refractivity contribution < 1.29 is 0 Å². The molecule has 0 bridgehead atoms. The third-order valence-electron chi connectivity index (χ3n) is 1.58. The number of nitrogens with one attached hydrogen (secondary N) is 1. The Labute approximate surface area is 72.2 Å². The molecule has 0 aliphatic rings. The Kier molecular flexibility index (Phi) is 3.47. The fourth-order valence-corrected chi connectivity index (χ4v) is 0.739. The summed E-state index contributed by atoms with van der Waals surface area (Å²) in [4.78, 5) is 8.04. The molecule has 0 spiro atoms. The van der Waals surface area contributed by atoms with Crippen LogP contribution in [0.15, 0.2) is 18.5 Å². The molecule has 4 heteroatoms. The molecule has 0 aliphatic heterocycles. The second kappa shape index (κ2) is 4.66. The molecule has 1 aromatic rings. The van der Waals surface area contributed by atoms with Gasteiger partial charge in [0.25, 0.3) is 0 Å². The molecule has 12 heavy (non-hydrogen) atoms. The number of rotatable bonds is 4. The number of anilines is 1. The van der Waals surface area contributed by atoms with Crippen LogP contribution in [0.2, 0.25) is 0 Å². The van der Waals surface area contributed by atoms with E-state index in [1.165, 1.54) is 0 Å². The largest absolute Gasteiger partial charge is 0.354 e. The van der Waals surface area contributed by atoms with Gasteiger partial charge in [-0.15, -0.1) is 0 Å². The fourth-order valence-electron chi connectivity index (χ4n) is 0.739. The predicted octanol–water partition coefficient (Wildman–Crippen LogP) is 0.483. The average molecular weight is 166 g/mol. The number of nitrogens with zero attached hydrogens (tertiary/aromatic N) is 2. The zero-order chi connectivity index (χ0) is 8.81. The highest BCUT2D eigenvalue weighted by Gasteiger charge is 1.98. The third kappa shape index (κ3) is 2.84. The quantitative estimate of drug-likeness (QED) is 0.683. The van der Waals surface area contributed by atoms with Gasteiger partial charge in [-0.25, -0.2) is 9.97 Å². The van der Waals surface area contributed by atoms with E-state index in [4.69, 9.17) is 5.73 Å². The number of hydrogen-bond acceptors (Lipinski definition) is 4. The standard InChI is InChI=1S/C8H14N4/c1-7(5-9)6-12-8-10-3-2-4-11-8/h2-4,7H,5-6,9H2,1H3,(H,10,11,12). The van der Waals surface area contributed by atoms with Crippen LogP contribution in [0.4, 0.5) is 5.95 Å². The minimum absolute atomic E-state index is 0.453. The molecule has 1 unspecified atom stereocenters. The Bertz CT molecular complexity index is 212. The van der Waals surface area contributed by atoms with Crippen LogP contribution >= 0.6 is 0 Å². The van der Waals surface area contributed by atoms with Gasteiger partial charge in [0, 0.05) is 18.9 Å². The molecule has 0 aromatic carbocycles. The lowest BCUT2D eigenvalue weighted by Crippen LogP contribution is -2.20. The maximum absolute atomic E-state index is 5.46. The van der Waals surface area contributed by atoms with E-state index < -0.39 is 0 Å². The summed E-state index contributed by atoms with van der Waals surface area (Å²) >= 11 is 0. The maximum Gasteiger partial charge on any atom is 0.222 e. The molecule has 1 aromatic heterocycles. The van der Waals surface area contributed by atoms with Gasteiger partial charge in [-0.1, -0.05) is 6.92 Å². The van der Waals surface area contributed by atoms with Gasteiger partial charge >= 0.3 is 0 Å². The fraction of sp³-hybridized carbons (Fsp3) is 0.500. The molecule has 1 atom stereocenters. The van der Waals surface area contributed by atoms with Crippen molar-refractivity contribution in [2.24, 2.45) is 11.7 Å². The average Bonchev–Trinajstić information content (AvgIpc) is 2.16. The van der Waals surface area contributed by atoms with E-state index in [0.29, 0.717) is 18.4 Å². The van der Waals surface area contributed by atoms with Crippen molar-refractivity contribution in [2.75, 3.05) is 18.4 Å². The van der Waals surface area contributed by atoms with Crippen molar-refractivity contribution in [3.8, 4) is 0 Å². The number of nitrogens with two attached hydrogens (primary N) is 1. The van der Waals surface area contributed by atoms with Gasteiger partial charge in [0.05, 0.1) is 0 Å². The third-order valence-corrected chi connectivity index (χ3v) is 1.58. The molecule has 0 saturated carbocycles. The zero-order valence-corrected chi connectivity index (χ0v) is 7.20. The monoisotopic (exact) mass is 166 g/mol. The second-order valence-electron chi connectivity index (χ2n) is 2.79. The van der Waals surface area contributed by atoms with Crippen LogP contribution in [0.5, 0.6) is 0 Å². The van der Waals surface area contributed by atoms with Crippen molar-refractivity contribution in [1.29, 1.82) is 0 Å². The summed E-state index contributed by atoms with van der Waals surface area (Å²) in [7, 11) is 0. The van der Waals surface area contributed by atoms with Crippen molar-refractivity contribution in [3.63, 3.8) is 0 Å². The summed E-state index contributed by atoms with van der Waals surface area (Å²) in [6.07, 6.45) is 3.42. The minimum Gasteiger partial charge on any atom is -0.354 e. The minimum atomic E-state index is 0.453. The summed E-state index contributed by atoms with van der Waals surface area (Å²) in [6, 6.07) is 1.79. The van der Waals surface area contributed by atoms with E-state index in [1.54, 1.807) is 18.5 Å². The molecule has 3 N–H and O–H groups in total. The predicted molar refractivity (Wildman–Crippen MR) is 48.7 cm³/mol. The van der Waals surface area contributed by atoms with Gasteiger partial charge in [-0.05, 0) is 18.5 Å². The summed E-state index contributed by atoms with van der Waals surface area (Å²) < 4.78 is 0. The Morgan fingerprint density at radius 2 is 2.17 bits per heavy atom. The summed E-state index contributed by atoms with van der Waals surface area (Å²) in [5.41, 5.74) is 5.46. The molecular formula is C8H14N4. The van der Waals surface area contributed by atoms with Crippen molar-refractivity contribution in [1.82, 2.24) is 9.97 Å². The smallest absolute Gasteiger partial charge is 0.222 e. The molecule has 0 saturated heterocycles. The van der Waals surface area contributed by atoms with Gasteiger partial charge in [-0.2, -0.15) is 0 Å². The second-order valence-corrected chi connectivity index (χ2v) is 2.79. The van der Waals surface area contributed by atoms with Crippen LogP contribution < -0.4 is 11.1 Å². The molecule has 0 aliphatic carbocycles. The van der Waals surface area contributed by atoms with E-state index >= 15 is 0 Å². The first kappa shape index (κ1) is 8.93. The van der Waals surface area contributed by atoms with E-state index in [0.717, 1.165) is 6.54 Å². The molecular weight excluding hydrogens is 152 g/mol. The number of hydrogen-bond donors (Lipinski definition) is 2. The summed E-state index contributed by atoms with van der Waals surface area (Å²) in [5.74, 6) is 1.12. The van der Waals surface area contributed by atoms with Crippen molar-refractivity contribution in [2.45, 2.75) is 6.92 Å². The van der Waals surface area contributed by atoms with Crippen molar-refractivity contribution in [3.05, 3.63) is 18.5 Å². The lowest BCUT2D eigenvalue weighted by Gasteiger charge is -2.08. The first-order chi connectivity index (χ1) is 5.83. The van der Waals surface area contributed by atoms with Gasteiger partial charge in [0.1, 0.15) is 0 Å². The highest BCUT2D eigenvalue weighted by molar-refractivity contribution is 5.21. The van der Waals surface area contributed by atoms with Crippen LogP contribution in [0, 0.1) is 5.92 Å². The Morgan fingerprint density at radius 1 is 1.50 bits per heavy atom. The topological polar surface area (TPSA) is 63.8 Å². The van der Waals surface area contributed by atoms with Crippen LogP contribution in [0.3, 0.4) is 0 Å².